The van der Waals surface area contributed by atoms with Gasteiger partial charge in [-0.3, -0.25) is 4.79 Å². The maximum atomic E-state index is 12.3. The molecule has 0 fully saturated rings. The minimum Gasteiger partial charge on any atom is -0.344 e. The van der Waals surface area contributed by atoms with Crippen molar-refractivity contribution in [2.24, 2.45) is 0 Å². The van der Waals surface area contributed by atoms with E-state index < -0.39 is 0 Å². The Bertz CT molecular complexity index is 554. The maximum absolute atomic E-state index is 12.3. The number of rotatable bonds is 5. The topological polar surface area (TPSA) is 22.0 Å². The van der Waals surface area contributed by atoms with Gasteiger partial charge in [0.1, 0.15) is 0 Å². The Balaban J connectivity index is 2.29. The minimum atomic E-state index is 0.0146. The van der Waals surface area contributed by atoms with Crippen molar-refractivity contribution < 1.29 is 4.79 Å². The number of ketones is 1. The van der Waals surface area contributed by atoms with Crippen LogP contribution in [-0.4, -0.2) is 16.2 Å². The molecule has 0 spiro atoms. The number of halogens is 1. The van der Waals surface area contributed by atoms with Crippen LogP contribution in [0.4, 0.5) is 0 Å². The number of hydrogen-bond donors (Lipinski definition) is 0. The molecule has 0 atom stereocenters. The van der Waals surface area contributed by atoms with Gasteiger partial charge in [-0.1, -0.05) is 36.9 Å². The molecular weight excluding hydrogens is 246 g/mol. The summed E-state index contributed by atoms with van der Waals surface area (Å²) in [5.74, 6) is 0.505. The molecule has 0 aliphatic carbocycles. The smallest absolute Gasteiger partial charge is 0.209 e. The Kier molecular flexibility index (Phi) is 4.00. The van der Waals surface area contributed by atoms with E-state index in [1.807, 2.05) is 47.2 Å². The van der Waals surface area contributed by atoms with E-state index in [2.05, 4.69) is 6.58 Å². The van der Waals surface area contributed by atoms with Gasteiger partial charge in [0.05, 0.1) is 5.69 Å². The summed E-state index contributed by atoms with van der Waals surface area (Å²) in [6.07, 6.45) is 3.62. The molecule has 0 amide bonds. The summed E-state index contributed by atoms with van der Waals surface area (Å²) < 4.78 is 1.87. The van der Waals surface area contributed by atoms with Crippen LogP contribution in [0.15, 0.2) is 49.2 Å². The third-order valence-electron chi connectivity index (χ3n) is 2.80. The van der Waals surface area contributed by atoms with E-state index in [1.54, 1.807) is 6.08 Å². The zero-order chi connectivity index (χ0) is 13.0. The molecule has 1 heterocycles. The molecule has 2 rings (SSSR count). The number of aromatic nitrogens is 1. The van der Waals surface area contributed by atoms with Crippen LogP contribution in [0.1, 0.15) is 21.6 Å². The number of carbonyl (C=O) groups is 1. The van der Waals surface area contributed by atoms with Crippen molar-refractivity contribution in [2.75, 3.05) is 5.88 Å². The molecule has 0 bridgehead atoms. The Labute approximate surface area is 112 Å². The highest BCUT2D eigenvalue weighted by Gasteiger charge is 2.12. The first kappa shape index (κ1) is 12.7. The van der Waals surface area contributed by atoms with Gasteiger partial charge in [0.2, 0.25) is 5.78 Å². The predicted molar refractivity (Wildman–Crippen MR) is 75.1 cm³/mol. The van der Waals surface area contributed by atoms with Crippen molar-refractivity contribution in [3.63, 3.8) is 0 Å². The Morgan fingerprint density at radius 2 is 2.00 bits per heavy atom. The molecule has 0 unspecified atom stereocenters. The second-order valence-electron chi connectivity index (χ2n) is 3.93. The van der Waals surface area contributed by atoms with E-state index in [0.29, 0.717) is 23.7 Å². The van der Waals surface area contributed by atoms with Crippen LogP contribution in [0.5, 0.6) is 0 Å². The Morgan fingerprint density at radius 1 is 1.28 bits per heavy atom. The number of benzene rings is 1. The number of aryl methyl sites for hydroxylation is 1. The largest absolute Gasteiger partial charge is 0.344 e. The second-order valence-corrected chi connectivity index (χ2v) is 4.31. The maximum Gasteiger partial charge on any atom is 0.209 e. The van der Waals surface area contributed by atoms with Crippen molar-refractivity contribution in [3.8, 4) is 0 Å². The summed E-state index contributed by atoms with van der Waals surface area (Å²) in [7, 11) is 0. The quantitative estimate of drug-likeness (QED) is 0.594. The van der Waals surface area contributed by atoms with Gasteiger partial charge in [0, 0.05) is 24.2 Å². The van der Waals surface area contributed by atoms with Gasteiger partial charge < -0.3 is 4.57 Å². The third-order valence-corrected chi connectivity index (χ3v) is 2.97. The molecule has 0 saturated carbocycles. The molecule has 3 heteroatoms. The van der Waals surface area contributed by atoms with Crippen molar-refractivity contribution in [1.29, 1.82) is 0 Å². The summed E-state index contributed by atoms with van der Waals surface area (Å²) in [6.45, 7) is 4.33. The highest BCUT2D eigenvalue weighted by atomic mass is 35.5. The van der Waals surface area contributed by atoms with Gasteiger partial charge in [-0.2, -0.15) is 0 Å². The molecule has 0 aliphatic rings. The molecule has 18 heavy (non-hydrogen) atoms. The summed E-state index contributed by atoms with van der Waals surface area (Å²) >= 11 is 5.71. The molecule has 0 aliphatic heterocycles. The lowest BCUT2D eigenvalue weighted by Crippen LogP contribution is -2.10. The first-order chi connectivity index (χ1) is 8.76. The highest BCUT2D eigenvalue weighted by Crippen LogP contribution is 2.13. The van der Waals surface area contributed by atoms with Crippen molar-refractivity contribution in [3.05, 3.63) is 66.0 Å². The number of alkyl halides is 1. The molecule has 92 valence electrons. The van der Waals surface area contributed by atoms with E-state index in [4.69, 9.17) is 11.6 Å². The average Bonchev–Trinajstić information content (AvgIpc) is 2.87. The SMILES string of the molecule is C=Cc1ccc(C(=O)c2cccn2CCCl)cc1. The van der Waals surface area contributed by atoms with Crippen LogP contribution in [-0.2, 0) is 6.54 Å². The molecule has 0 saturated heterocycles. The van der Waals surface area contributed by atoms with Crippen LogP contribution < -0.4 is 0 Å². The van der Waals surface area contributed by atoms with Crippen molar-refractivity contribution >= 4 is 23.5 Å². The monoisotopic (exact) mass is 259 g/mol. The lowest BCUT2D eigenvalue weighted by atomic mass is 10.1. The lowest BCUT2D eigenvalue weighted by Gasteiger charge is -2.06. The predicted octanol–water partition coefficient (Wildman–Crippen LogP) is 3.60. The van der Waals surface area contributed by atoms with Gasteiger partial charge in [0.25, 0.3) is 0 Å². The number of nitrogens with zero attached hydrogens (tertiary/aromatic N) is 1. The van der Waals surface area contributed by atoms with Gasteiger partial charge in [-0.05, 0) is 17.7 Å². The van der Waals surface area contributed by atoms with E-state index in [9.17, 15) is 4.79 Å². The molecule has 0 N–H and O–H groups in total. The van der Waals surface area contributed by atoms with E-state index >= 15 is 0 Å². The Morgan fingerprint density at radius 3 is 2.61 bits per heavy atom. The lowest BCUT2D eigenvalue weighted by molar-refractivity contribution is 0.103. The van der Waals surface area contributed by atoms with E-state index in [1.165, 1.54) is 0 Å². The molecule has 0 radical (unpaired) electrons. The standard InChI is InChI=1S/C15H14ClNO/c1-2-12-5-7-13(8-6-12)15(18)14-4-3-10-17(14)11-9-16/h2-8,10H,1,9,11H2. The van der Waals surface area contributed by atoms with Gasteiger partial charge in [-0.25, -0.2) is 0 Å². The fourth-order valence-corrected chi connectivity index (χ4v) is 2.01. The third kappa shape index (κ3) is 2.54. The molecule has 1 aromatic carbocycles. The molecule has 1 aromatic heterocycles. The summed E-state index contributed by atoms with van der Waals surface area (Å²) in [5, 5.41) is 0. The van der Waals surface area contributed by atoms with Gasteiger partial charge in [0.15, 0.2) is 0 Å². The van der Waals surface area contributed by atoms with Crippen LogP contribution >= 0.6 is 11.6 Å². The van der Waals surface area contributed by atoms with Crippen molar-refractivity contribution in [1.82, 2.24) is 4.57 Å². The summed E-state index contributed by atoms with van der Waals surface area (Å²) in [4.78, 5) is 12.3. The van der Waals surface area contributed by atoms with Crippen molar-refractivity contribution in [2.45, 2.75) is 6.54 Å². The van der Waals surface area contributed by atoms with Crippen LogP contribution in [0.25, 0.3) is 6.08 Å². The first-order valence-electron chi connectivity index (χ1n) is 5.74. The Hall–Kier alpha value is -1.80. The van der Waals surface area contributed by atoms with E-state index in [-0.39, 0.29) is 5.78 Å². The first-order valence-corrected chi connectivity index (χ1v) is 6.28. The number of hydrogen-bond acceptors (Lipinski definition) is 1. The van der Waals surface area contributed by atoms with Crippen LogP contribution in [0, 0.1) is 0 Å². The van der Waals surface area contributed by atoms with Crippen LogP contribution in [0.2, 0.25) is 0 Å². The van der Waals surface area contributed by atoms with E-state index in [0.717, 1.165) is 5.56 Å². The zero-order valence-corrected chi connectivity index (χ0v) is 10.7. The normalized spacial score (nSPS) is 10.3. The molecule has 2 nitrogen and oxygen atoms in total. The minimum absolute atomic E-state index is 0.0146. The summed E-state index contributed by atoms with van der Waals surface area (Å²) in [5.41, 5.74) is 2.35. The van der Waals surface area contributed by atoms with Gasteiger partial charge in [-0.15, -0.1) is 11.6 Å². The highest BCUT2D eigenvalue weighted by molar-refractivity contribution is 6.17. The average molecular weight is 260 g/mol. The summed E-state index contributed by atoms with van der Waals surface area (Å²) in [6, 6.07) is 11.1. The number of carbonyl (C=O) groups excluding carboxylic acids is 1. The molecular formula is C15H14ClNO. The second kappa shape index (κ2) is 5.69. The van der Waals surface area contributed by atoms with Crippen LogP contribution in [0.3, 0.4) is 0 Å². The fourth-order valence-electron chi connectivity index (χ4n) is 1.82. The molecule has 2 aromatic rings. The van der Waals surface area contributed by atoms with Gasteiger partial charge >= 0.3 is 0 Å². The zero-order valence-electron chi connectivity index (χ0n) is 9.97. The fraction of sp³-hybridized carbons (Fsp3) is 0.133.